The van der Waals surface area contributed by atoms with Crippen molar-refractivity contribution in [1.82, 2.24) is 0 Å². The van der Waals surface area contributed by atoms with Crippen molar-refractivity contribution >= 4 is 13.4 Å². The molecule has 0 unspecified atom stereocenters. The fraction of sp³-hybridized carbons (Fsp3) is 0.375. The third-order valence-corrected chi connectivity index (χ3v) is 2.91. The summed E-state index contributed by atoms with van der Waals surface area (Å²) in [5.74, 6) is -0.173. The van der Waals surface area contributed by atoms with Gasteiger partial charge in [-0.05, 0) is 27.3 Å². The first-order chi connectivity index (χ1) is 5.11. The smallest absolute Gasteiger partial charge is 0.200 e. The minimum atomic E-state index is -0.173. The lowest BCUT2D eigenvalue weighted by Crippen LogP contribution is -2.44. The predicted octanol–water partition coefficient (Wildman–Crippen LogP) is 1.02. The lowest BCUT2D eigenvalue weighted by atomic mass is 10.5. The summed E-state index contributed by atoms with van der Waals surface area (Å²) in [7, 11) is 1.74. The molecular weight excluding hydrogens is 160 g/mol. The molecule has 1 heterocycles. The Kier molecular flexibility index (Phi) is 2.56. The number of aryl methyl sites for hydroxylation is 1. The van der Waals surface area contributed by atoms with Gasteiger partial charge in [0.25, 0.3) is 0 Å². The molecule has 3 heteroatoms. The van der Waals surface area contributed by atoms with Crippen molar-refractivity contribution < 1.29 is 8.96 Å². The largest absolute Gasteiger partial charge is 0.205 e. The van der Waals surface area contributed by atoms with Gasteiger partial charge in [0.15, 0.2) is 5.82 Å². The van der Waals surface area contributed by atoms with E-state index in [4.69, 9.17) is 0 Å². The van der Waals surface area contributed by atoms with Gasteiger partial charge in [0, 0.05) is 6.07 Å². The molecule has 0 radical (unpaired) electrons. The van der Waals surface area contributed by atoms with Crippen molar-refractivity contribution in [3.8, 4) is 0 Å². The van der Waals surface area contributed by atoms with E-state index in [1.165, 1.54) is 17.7 Å². The van der Waals surface area contributed by atoms with E-state index in [0.717, 1.165) is 0 Å². The molecule has 0 aliphatic rings. The van der Waals surface area contributed by atoms with Gasteiger partial charge in [0.05, 0.1) is 0 Å². The van der Waals surface area contributed by atoms with E-state index in [1.54, 1.807) is 0 Å². The summed E-state index contributed by atoms with van der Waals surface area (Å²) >= 11 is 0. The zero-order valence-electron chi connectivity index (χ0n) is 7.00. The van der Waals surface area contributed by atoms with Crippen LogP contribution in [0.5, 0.6) is 0 Å². The standard InChI is InChI=1S/C8H12FNP/c1-10-6-7(9)4-5-8(10)11(2)3/h4-6H,1-3H3/q+1. The Morgan fingerprint density at radius 3 is 2.45 bits per heavy atom. The normalized spacial score (nSPS) is 10.6. The number of hydrogen-bond acceptors (Lipinski definition) is 0. The second-order valence-corrected chi connectivity index (χ2v) is 4.96. The Balaban J connectivity index is 3.09. The van der Waals surface area contributed by atoms with Gasteiger partial charge < -0.3 is 0 Å². The molecule has 0 spiro atoms. The van der Waals surface area contributed by atoms with Crippen molar-refractivity contribution in [2.45, 2.75) is 0 Å². The fourth-order valence-corrected chi connectivity index (χ4v) is 2.09. The highest BCUT2D eigenvalue weighted by molar-refractivity contribution is 7.63. The Labute approximate surface area is 67.6 Å². The van der Waals surface area contributed by atoms with E-state index in [0.29, 0.717) is 0 Å². The van der Waals surface area contributed by atoms with Crippen LogP contribution in [-0.2, 0) is 7.05 Å². The minimum Gasteiger partial charge on any atom is -0.200 e. The van der Waals surface area contributed by atoms with Crippen LogP contribution in [0, 0.1) is 5.82 Å². The minimum absolute atomic E-state index is 0.132. The molecule has 11 heavy (non-hydrogen) atoms. The summed E-state index contributed by atoms with van der Waals surface area (Å²) in [6.45, 7) is 4.31. The van der Waals surface area contributed by atoms with Crippen molar-refractivity contribution in [2.24, 2.45) is 7.05 Å². The Bertz CT molecular complexity index is 260. The van der Waals surface area contributed by atoms with Gasteiger partial charge in [-0.1, -0.05) is 0 Å². The highest BCUT2D eigenvalue weighted by Crippen LogP contribution is 2.20. The SMILES string of the molecule is C[n+]1cc(F)ccc1P(C)C. The molecule has 0 fully saturated rings. The maximum absolute atomic E-state index is 12.6. The molecule has 0 amide bonds. The third kappa shape index (κ3) is 1.97. The van der Waals surface area contributed by atoms with Crippen LogP contribution in [0.4, 0.5) is 4.39 Å². The molecular formula is C8H12FNP+. The first kappa shape index (κ1) is 8.61. The molecule has 60 valence electrons. The van der Waals surface area contributed by atoms with E-state index in [2.05, 4.69) is 13.3 Å². The monoisotopic (exact) mass is 172 g/mol. The molecule has 1 rings (SSSR count). The molecule has 0 saturated carbocycles. The highest BCUT2D eigenvalue weighted by atomic mass is 31.1. The number of nitrogens with zero attached hydrogens (tertiary/aromatic N) is 1. The van der Waals surface area contributed by atoms with Crippen LogP contribution in [0.1, 0.15) is 0 Å². The predicted molar refractivity (Wildman–Crippen MR) is 46.0 cm³/mol. The van der Waals surface area contributed by atoms with E-state index in [9.17, 15) is 4.39 Å². The first-order valence-corrected chi connectivity index (χ1v) is 5.67. The summed E-state index contributed by atoms with van der Waals surface area (Å²) in [6.07, 6.45) is 1.51. The van der Waals surface area contributed by atoms with Crippen LogP contribution in [0.15, 0.2) is 18.3 Å². The first-order valence-electron chi connectivity index (χ1n) is 3.44. The van der Waals surface area contributed by atoms with Crippen LogP contribution < -0.4 is 10.0 Å². The summed E-state index contributed by atoms with van der Waals surface area (Å²) in [5, 5.41) is 0. The molecule has 1 aromatic rings. The number of halogens is 1. The van der Waals surface area contributed by atoms with Crippen LogP contribution in [0.3, 0.4) is 0 Å². The molecule has 0 aromatic carbocycles. The zero-order valence-corrected chi connectivity index (χ0v) is 7.90. The van der Waals surface area contributed by atoms with Crippen LogP contribution in [-0.4, -0.2) is 13.3 Å². The van der Waals surface area contributed by atoms with Crippen LogP contribution in [0.2, 0.25) is 0 Å². The second kappa shape index (κ2) is 3.27. The van der Waals surface area contributed by atoms with Gasteiger partial charge in [-0.3, -0.25) is 0 Å². The van der Waals surface area contributed by atoms with Gasteiger partial charge in [-0.25, -0.2) is 4.39 Å². The molecule has 0 bridgehead atoms. The van der Waals surface area contributed by atoms with Gasteiger partial charge in [-0.2, -0.15) is 4.57 Å². The second-order valence-electron chi connectivity index (χ2n) is 2.71. The number of hydrogen-bond donors (Lipinski definition) is 0. The molecule has 0 saturated heterocycles. The maximum atomic E-state index is 12.6. The van der Waals surface area contributed by atoms with Crippen molar-refractivity contribution in [2.75, 3.05) is 13.3 Å². The van der Waals surface area contributed by atoms with Gasteiger partial charge in [0.1, 0.15) is 7.05 Å². The zero-order chi connectivity index (χ0) is 8.43. The third-order valence-electron chi connectivity index (χ3n) is 1.53. The van der Waals surface area contributed by atoms with E-state index in [-0.39, 0.29) is 13.7 Å². The van der Waals surface area contributed by atoms with Gasteiger partial charge in [0.2, 0.25) is 11.6 Å². The number of pyridine rings is 1. The Morgan fingerprint density at radius 1 is 1.36 bits per heavy atom. The molecule has 0 N–H and O–H groups in total. The average Bonchev–Trinajstić information content (AvgIpc) is 1.85. The van der Waals surface area contributed by atoms with Crippen molar-refractivity contribution in [1.29, 1.82) is 0 Å². The summed E-state index contributed by atoms with van der Waals surface area (Å²) in [4.78, 5) is 0. The molecule has 1 nitrogen and oxygen atoms in total. The molecule has 1 aromatic heterocycles. The van der Waals surface area contributed by atoms with Crippen LogP contribution in [0.25, 0.3) is 0 Å². The Hall–Kier alpha value is -0.490. The van der Waals surface area contributed by atoms with Crippen molar-refractivity contribution in [3.05, 3.63) is 24.1 Å². The highest BCUT2D eigenvalue weighted by Gasteiger charge is 2.10. The topological polar surface area (TPSA) is 3.88 Å². The van der Waals surface area contributed by atoms with E-state index >= 15 is 0 Å². The van der Waals surface area contributed by atoms with Crippen molar-refractivity contribution in [3.63, 3.8) is 0 Å². The quantitative estimate of drug-likeness (QED) is 0.440. The Morgan fingerprint density at radius 2 is 2.00 bits per heavy atom. The average molecular weight is 172 g/mol. The van der Waals surface area contributed by atoms with Crippen LogP contribution >= 0.6 is 7.92 Å². The summed E-state index contributed by atoms with van der Waals surface area (Å²) in [6, 6.07) is 3.36. The molecule has 0 aliphatic heterocycles. The van der Waals surface area contributed by atoms with Gasteiger partial charge >= 0.3 is 0 Å². The number of rotatable bonds is 1. The number of aromatic nitrogens is 1. The maximum Gasteiger partial charge on any atom is 0.205 e. The summed E-state index contributed by atoms with van der Waals surface area (Å²) in [5.41, 5.74) is 1.21. The molecule has 0 atom stereocenters. The fourth-order valence-electron chi connectivity index (χ4n) is 1.03. The lowest BCUT2D eigenvalue weighted by Gasteiger charge is -2.01. The van der Waals surface area contributed by atoms with E-state index < -0.39 is 0 Å². The summed E-state index contributed by atoms with van der Waals surface area (Å²) < 4.78 is 14.4. The molecule has 0 aliphatic carbocycles. The van der Waals surface area contributed by atoms with Gasteiger partial charge in [-0.15, -0.1) is 0 Å². The van der Waals surface area contributed by atoms with E-state index in [1.807, 2.05) is 17.7 Å². The lowest BCUT2D eigenvalue weighted by molar-refractivity contribution is -0.654.